The van der Waals surface area contributed by atoms with E-state index in [0.29, 0.717) is 0 Å². The van der Waals surface area contributed by atoms with Crippen LogP contribution in [0, 0.1) is 11.8 Å². The predicted octanol–water partition coefficient (Wildman–Crippen LogP) is 2.89. The van der Waals surface area contributed by atoms with Gasteiger partial charge < -0.3 is 4.90 Å². The molecule has 1 nitrogen and oxygen atoms in total. The minimum atomic E-state index is 0.828. The smallest absolute Gasteiger partial charge is 0.0152 e. The van der Waals surface area contributed by atoms with Gasteiger partial charge in [0.05, 0.1) is 0 Å². The molecular weight excluding hydrogens is 226 g/mol. The van der Waals surface area contributed by atoms with Crippen LogP contribution in [0.3, 0.4) is 0 Å². The molecule has 0 aromatic heterocycles. The van der Waals surface area contributed by atoms with Crippen molar-refractivity contribution in [2.45, 2.75) is 36.9 Å². The zero-order valence-electron chi connectivity index (χ0n) is 8.51. The van der Waals surface area contributed by atoms with Gasteiger partial charge >= 0.3 is 0 Å². The van der Waals surface area contributed by atoms with Gasteiger partial charge in [-0.05, 0) is 44.6 Å². The number of nitrogens with zero attached hydrogens (tertiary/aromatic N) is 1. The molecule has 0 bridgehead atoms. The van der Waals surface area contributed by atoms with Crippen LogP contribution in [0.5, 0.6) is 0 Å². The highest BCUT2D eigenvalue weighted by molar-refractivity contribution is 9.09. The van der Waals surface area contributed by atoms with Crippen LogP contribution < -0.4 is 0 Å². The zero-order chi connectivity index (χ0) is 9.26. The molecule has 2 heteroatoms. The van der Waals surface area contributed by atoms with Gasteiger partial charge in [-0.1, -0.05) is 22.4 Å². The van der Waals surface area contributed by atoms with Crippen LogP contribution in [-0.2, 0) is 0 Å². The molecule has 0 spiro atoms. The highest BCUT2D eigenvalue weighted by atomic mass is 79.9. The summed E-state index contributed by atoms with van der Waals surface area (Å²) in [5.41, 5.74) is 0. The molecule has 0 amide bonds. The second kappa shape index (κ2) is 4.31. The number of rotatable bonds is 4. The van der Waals surface area contributed by atoms with E-state index in [-0.39, 0.29) is 0 Å². The van der Waals surface area contributed by atoms with E-state index in [2.05, 4.69) is 27.9 Å². The molecule has 0 unspecified atom stereocenters. The zero-order valence-corrected chi connectivity index (χ0v) is 10.1. The molecule has 2 rings (SSSR count). The second-order valence-corrected chi connectivity index (χ2v) is 6.25. The topological polar surface area (TPSA) is 3.24 Å². The van der Waals surface area contributed by atoms with Crippen molar-refractivity contribution in [2.75, 3.05) is 20.1 Å². The average molecular weight is 246 g/mol. The fourth-order valence-electron chi connectivity index (χ4n) is 2.43. The van der Waals surface area contributed by atoms with Crippen molar-refractivity contribution >= 4 is 15.9 Å². The van der Waals surface area contributed by atoms with Crippen molar-refractivity contribution in [1.29, 1.82) is 0 Å². The van der Waals surface area contributed by atoms with E-state index in [1.165, 1.54) is 45.2 Å². The summed E-state index contributed by atoms with van der Waals surface area (Å²) in [6, 6.07) is 0. The van der Waals surface area contributed by atoms with Crippen LogP contribution >= 0.6 is 15.9 Å². The largest absolute Gasteiger partial charge is 0.306 e. The SMILES string of the molecule is CN(CC1CCC1)CC1CC(Br)C1. The molecule has 0 radical (unpaired) electrons. The van der Waals surface area contributed by atoms with Crippen molar-refractivity contribution in [3.05, 3.63) is 0 Å². The van der Waals surface area contributed by atoms with E-state index in [9.17, 15) is 0 Å². The Bertz CT molecular complexity index is 161. The van der Waals surface area contributed by atoms with Crippen LogP contribution in [0.4, 0.5) is 0 Å². The highest BCUT2D eigenvalue weighted by Gasteiger charge is 2.28. The third-order valence-electron chi connectivity index (χ3n) is 3.54. The Kier molecular flexibility index (Phi) is 3.31. The van der Waals surface area contributed by atoms with Gasteiger partial charge in [0.15, 0.2) is 0 Å². The van der Waals surface area contributed by atoms with E-state index >= 15 is 0 Å². The summed E-state index contributed by atoms with van der Waals surface area (Å²) in [6.45, 7) is 2.68. The lowest BCUT2D eigenvalue weighted by atomic mass is 9.83. The summed E-state index contributed by atoms with van der Waals surface area (Å²) >= 11 is 3.65. The summed E-state index contributed by atoms with van der Waals surface area (Å²) in [7, 11) is 2.29. The fraction of sp³-hybridized carbons (Fsp3) is 1.00. The van der Waals surface area contributed by atoms with Gasteiger partial charge in [0.1, 0.15) is 0 Å². The number of alkyl halides is 1. The minimum Gasteiger partial charge on any atom is -0.306 e. The van der Waals surface area contributed by atoms with E-state index < -0.39 is 0 Å². The van der Waals surface area contributed by atoms with Crippen molar-refractivity contribution in [2.24, 2.45) is 11.8 Å². The molecule has 2 fully saturated rings. The van der Waals surface area contributed by atoms with Crippen molar-refractivity contribution in [3.63, 3.8) is 0 Å². The Balaban J connectivity index is 1.58. The molecule has 13 heavy (non-hydrogen) atoms. The maximum atomic E-state index is 3.65. The van der Waals surface area contributed by atoms with Gasteiger partial charge in [0.25, 0.3) is 0 Å². The highest BCUT2D eigenvalue weighted by Crippen LogP contribution is 2.34. The van der Waals surface area contributed by atoms with Gasteiger partial charge in [-0.2, -0.15) is 0 Å². The third kappa shape index (κ3) is 2.69. The van der Waals surface area contributed by atoms with Gasteiger partial charge in [-0.15, -0.1) is 0 Å². The molecule has 0 aliphatic heterocycles. The Morgan fingerprint density at radius 1 is 1.15 bits per heavy atom. The number of halogens is 1. The van der Waals surface area contributed by atoms with E-state index in [4.69, 9.17) is 0 Å². The van der Waals surface area contributed by atoms with Gasteiger partial charge in [-0.3, -0.25) is 0 Å². The molecule has 0 N–H and O–H groups in total. The Labute approximate surface area is 90.0 Å². The molecule has 0 aromatic rings. The van der Waals surface area contributed by atoms with Crippen molar-refractivity contribution in [3.8, 4) is 0 Å². The molecule has 0 aromatic carbocycles. The lowest BCUT2D eigenvalue weighted by Crippen LogP contribution is -2.37. The van der Waals surface area contributed by atoms with Crippen LogP contribution in [0.15, 0.2) is 0 Å². The lowest BCUT2D eigenvalue weighted by molar-refractivity contribution is 0.159. The van der Waals surface area contributed by atoms with Gasteiger partial charge in [0.2, 0.25) is 0 Å². The van der Waals surface area contributed by atoms with Crippen LogP contribution in [0.25, 0.3) is 0 Å². The van der Waals surface area contributed by atoms with E-state index in [1.807, 2.05) is 0 Å². The van der Waals surface area contributed by atoms with E-state index in [1.54, 1.807) is 0 Å². The average Bonchev–Trinajstić information content (AvgIpc) is 1.94. The second-order valence-electron chi connectivity index (χ2n) is 4.95. The normalized spacial score (nSPS) is 34.4. The van der Waals surface area contributed by atoms with Gasteiger partial charge in [-0.25, -0.2) is 0 Å². The monoisotopic (exact) mass is 245 g/mol. The third-order valence-corrected chi connectivity index (χ3v) is 4.29. The van der Waals surface area contributed by atoms with Crippen molar-refractivity contribution < 1.29 is 0 Å². The molecule has 2 aliphatic rings. The molecular formula is C11H20BrN. The molecule has 0 heterocycles. The summed E-state index contributed by atoms with van der Waals surface area (Å²) in [5, 5.41) is 0. The summed E-state index contributed by atoms with van der Waals surface area (Å²) in [5.74, 6) is 2.01. The first-order chi connectivity index (χ1) is 6.24. The molecule has 0 atom stereocenters. The molecule has 2 saturated carbocycles. The maximum absolute atomic E-state index is 3.65. The molecule has 0 saturated heterocycles. The standard InChI is InChI=1S/C11H20BrN/c1-13(7-9-3-2-4-9)8-10-5-11(12)6-10/h9-11H,2-8H2,1H3. The molecule has 76 valence electrons. The minimum absolute atomic E-state index is 0.828. The van der Waals surface area contributed by atoms with Gasteiger partial charge in [0, 0.05) is 17.9 Å². The molecule has 2 aliphatic carbocycles. The maximum Gasteiger partial charge on any atom is 0.0152 e. The quantitative estimate of drug-likeness (QED) is 0.689. The summed E-state index contributed by atoms with van der Waals surface area (Å²) < 4.78 is 0. The Hall–Kier alpha value is 0.440. The summed E-state index contributed by atoms with van der Waals surface area (Å²) in [4.78, 5) is 3.38. The predicted molar refractivity (Wildman–Crippen MR) is 60.3 cm³/mol. The number of hydrogen-bond acceptors (Lipinski definition) is 1. The fourth-order valence-corrected chi connectivity index (χ4v) is 3.49. The van der Waals surface area contributed by atoms with Crippen LogP contribution in [-0.4, -0.2) is 29.9 Å². The number of hydrogen-bond donors (Lipinski definition) is 0. The first-order valence-electron chi connectivity index (χ1n) is 5.56. The van der Waals surface area contributed by atoms with Crippen LogP contribution in [0.1, 0.15) is 32.1 Å². The first kappa shape index (κ1) is 9.97. The summed E-state index contributed by atoms with van der Waals surface area (Å²) in [6.07, 6.45) is 7.24. The van der Waals surface area contributed by atoms with E-state index in [0.717, 1.165) is 16.7 Å². The lowest BCUT2D eigenvalue weighted by Gasteiger charge is -2.37. The Morgan fingerprint density at radius 3 is 2.23 bits per heavy atom. The van der Waals surface area contributed by atoms with Crippen molar-refractivity contribution in [1.82, 2.24) is 4.90 Å². The first-order valence-corrected chi connectivity index (χ1v) is 6.48. The Morgan fingerprint density at radius 2 is 1.77 bits per heavy atom. The van der Waals surface area contributed by atoms with Crippen LogP contribution in [0.2, 0.25) is 0 Å².